The molecule has 2 aromatic carbocycles. The molecule has 1 fully saturated rings. The average Bonchev–Trinajstić information content (AvgIpc) is 2.81. The first-order chi connectivity index (χ1) is 14.8. The number of carbonyl (C=O) groups excluding carboxylic acids is 1. The Labute approximate surface area is 200 Å². The zero-order valence-corrected chi connectivity index (χ0v) is 19.0. The lowest BCUT2D eigenvalue weighted by Gasteiger charge is -2.30. The van der Waals surface area contributed by atoms with Crippen LogP contribution < -0.4 is 20.1 Å². The van der Waals surface area contributed by atoms with Crippen LogP contribution in [-0.4, -0.2) is 42.1 Å². The van der Waals surface area contributed by atoms with Crippen LogP contribution >= 0.6 is 24.8 Å². The fraction of sp³-hybridized carbons (Fsp3) is 0.217. The molecule has 1 aromatic heterocycles. The molecule has 0 bridgehead atoms. The van der Waals surface area contributed by atoms with E-state index in [1.807, 2.05) is 60.7 Å². The van der Waals surface area contributed by atoms with Crippen LogP contribution in [0.4, 0.5) is 4.79 Å². The number of halogens is 2. The number of hydrogen-bond acceptors (Lipinski definition) is 5. The van der Waals surface area contributed by atoms with Crippen LogP contribution in [0.1, 0.15) is 11.8 Å². The van der Waals surface area contributed by atoms with Crippen molar-refractivity contribution in [1.29, 1.82) is 0 Å². The van der Waals surface area contributed by atoms with E-state index in [9.17, 15) is 4.79 Å². The predicted octanol–water partition coefficient (Wildman–Crippen LogP) is 4.41. The number of benzene rings is 2. The quantitative estimate of drug-likeness (QED) is 0.515. The van der Waals surface area contributed by atoms with E-state index >= 15 is 0 Å². The summed E-state index contributed by atoms with van der Waals surface area (Å²) in [5.41, 5.74) is 0.808. The van der Waals surface area contributed by atoms with Crippen molar-refractivity contribution in [3.05, 3.63) is 84.7 Å². The second kappa shape index (κ2) is 12.8. The van der Waals surface area contributed by atoms with Gasteiger partial charge < -0.3 is 19.7 Å². The monoisotopic (exact) mass is 476 g/mol. The largest absolute Gasteiger partial charge is 0.465 e. The lowest BCUT2D eigenvalue weighted by molar-refractivity contribution is 0.139. The maximum Gasteiger partial charge on any atom is 0.320 e. The van der Waals surface area contributed by atoms with Gasteiger partial charge in [0.15, 0.2) is 6.23 Å². The summed E-state index contributed by atoms with van der Waals surface area (Å²) in [7, 11) is 0. The van der Waals surface area contributed by atoms with Crippen molar-refractivity contribution in [1.82, 2.24) is 20.5 Å². The molecule has 2 N–H and O–H groups in total. The van der Waals surface area contributed by atoms with Crippen LogP contribution in [-0.2, 0) is 0 Å². The second-order valence-corrected chi connectivity index (χ2v) is 6.86. The molecule has 1 saturated heterocycles. The van der Waals surface area contributed by atoms with Gasteiger partial charge in [-0.2, -0.15) is 0 Å². The molecule has 0 aliphatic carbocycles. The van der Waals surface area contributed by atoms with Gasteiger partial charge in [-0.1, -0.05) is 18.2 Å². The summed E-state index contributed by atoms with van der Waals surface area (Å²) >= 11 is 0. The number of piperazine rings is 1. The smallest absolute Gasteiger partial charge is 0.320 e. The van der Waals surface area contributed by atoms with Gasteiger partial charge in [0, 0.05) is 37.9 Å². The van der Waals surface area contributed by atoms with E-state index in [1.54, 1.807) is 23.4 Å². The van der Waals surface area contributed by atoms with Crippen molar-refractivity contribution in [2.45, 2.75) is 6.23 Å². The van der Waals surface area contributed by atoms with Crippen LogP contribution in [0.5, 0.6) is 17.2 Å². The van der Waals surface area contributed by atoms with E-state index < -0.39 is 6.23 Å². The highest BCUT2D eigenvalue weighted by Gasteiger charge is 2.22. The molecule has 32 heavy (non-hydrogen) atoms. The number of pyridine rings is 1. The number of carbonyl (C=O) groups is 1. The molecule has 1 aliphatic heterocycles. The molecule has 0 spiro atoms. The topological polar surface area (TPSA) is 75.7 Å². The maximum absolute atomic E-state index is 12.7. The van der Waals surface area contributed by atoms with Crippen LogP contribution in [0.2, 0.25) is 0 Å². The van der Waals surface area contributed by atoms with Crippen LogP contribution in [0.25, 0.3) is 0 Å². The highest BCUT2D eigenvalue weighted by molar-refractivity contribution is 5.85. The third-order valence-electron chi connectivity index (χ3n) is 4.71. The number of hydrogen-bond donors (Lipinski definition) is 2. The molecule has 0 saturated carbocycles. The molecule has 9 heteroatoms. The Hall–Kier alpha value is -3.00. The van der Waals surface area contributed by atoms with E-state index in [1.165, 1.54) is 0 Å². The predicted molar refractivity (Wildman–Crippen MR) is 128 cm³/mol. The number of nitrogens with zero attached hydrogens (tertiary/aromatic N) is 2. The summed E-state index contributed by atoms with van der Waals surface area (Å²) in [6.45, 7) is 2.89. The molecule has 3 aromatic rings. The zero-order valence-electron chi connectivity index (χ0n) is 17.3. The van der Waals surface area contributed by atoms with Crippen molar-refractivity contribution in [3.8, 4) is 17.2 Å². The minimum Gasteiger partial charge on any atom is -0.465 e. The summed E-state index contributed by atoms with van der Waals surface area (Å²) in [6.07, 6.45) is 2.65. The van der Waals surface area contributed by atoms with Crippen molar-refractivity contribution in [2.75, 3.05) is 26.2 Å². The minimum atomic E-state index is -0.651. The van der Waals surface area contributed by atoms with Gasteiger partial charge in [0.25, 0.3) is 0 Å². The molecule has 170 valence electrons. The Morgan fingerprint density at radius 1 is 0.906 bits per heavy atom. The standard InChI is InChI=1S/C23H24N4O3.2ClH/c28-23(27-15-13-24-14-16-27)26-22(30-21-7-4-12-25-17-21)18-8-10-20(11-9-18)29-19-5-2-1-3-6-19;;/h1-12,17,22,24H,13-16H2,(H,26,28);2*1H/t22-;;/m0../s1. The van der Waals surface area contributed by atoms with E-state index in [0.717, 1.165) is 24.4 Å². The Morgan fingerprint density at radius 2 is 1.56 bits per heavy atom. The van der Waals surface area contributed by atoms with Crippen LogP contribution in [0, 0.1) is 0 Å². The number of ether oxygens (including phenoxy) is 2. The summed E-state index contributed by atoms with van der Waals surface area (Å²) in [5, 5.41) is 6.23. The van der Waals surface area contributed by atoms with E-state index in [2.05, 4.69) is 15.6 Å². The number of amides is 2. The van der Waals surface area contributed by atoms with Gasteiger partial charge in [-0.15, -0.1) is 24.8 Å². The summed E-state index contributed by atoms with van der Waals surface area (Å²) in [6, 6.07) is 20.5. The average molecular weight is 477 g/mol. The van der Waals surface area contributed by atoms with Crippen molar-refractivity contribution in [2.24, 2.45) is 0 Å². The first kappa shape index (κ1) is 25.3. The van der Waals surface area contributed by atoms with Gasteiger partial charge in [-0.05, 0) is 48.5 Å². The molecule has 1 aliphatic rings. The Morgan fingerprint density at radius 3 is 2.22 bits per heavy atom. The van der Waals surface area contributed by atoms with Crippen molar-refractivity contribution >= 4 is 30.8 Å². The Bertz CT molecular complexity index is 940. The van der Waals surface area contributed by atoms with Crippen LogP contribution in [0.15, 0.2) is 79.1 Å². The van der Waals surface area contributed by atoms with Crippen molar-refractivity contribution < 1.29 is 14.3 Å². The molecule has 0 radical (unpaired) electrons. The van der Waals surface area contributed by atoms with E-state index in [4.69, 9.17) is 9.47 Å². The van der Waals surface area contributed by atoms with E-state index in [0.29, 0.717) is 24.6 Å². The lowest BCUT2D eigenvalue weighted by Crippen LogP contribution is -2.51. The van der Waals surface area contributed by atoms with Gasteiger partial charge in [-0.3, -0.25) is 10.3 Å². The van der Waals surface area contributed by atoms with Gasteiger partial charge in [0.05, 0.1) is 6.20 Å². The van der Waals surface area contributed by atoms with Gasteiger partial charge in [0.2, 0.25) is 0 Å². The first-order valence-electron chi connectivity index (χ1n) is 9.94. The summed E-state index contributed by atoms with van der Waals surface area (Å²) in [5.74, 6) is 2.05. The molecule has 2 amide bonds. The third-order valence-corrected chi connectivity index (χ3v) is 4.71. The minimum absolute atomic E-state index is 0. The van der Waals surface area contributed by atoms with Gasteiger partial charge in [0.1, 0.15) is 17.2 Å². The number of urea groups is 1. The highest BCUT2D eigenvalue weighted by Crippen LogP contribution is 2.25. The Balaban J connectivity index is 0.00000181. The summed E-state index contributed by atoms with van der Waals surface area (Å²) in [4.78, 5) is 18.6. The Kier molecular flexibility index (Phi) is 10.1. The first-order valence-corrected chi connectivity index (χ1v) is 9.94. The number of nitrogens with one attached hydrogen (secondary N) is 2. The number of rotatable bonds is 6. The molecule has 2 heterocycles. The van der Waals surface area contributed by atoms with Crippen molar-refractivity contribution in [3.63, 3.8) is 0 Å². The highest BCUT2D eigenvalue weighted by atomic mass is 35.5. The maximum atomic E-state index is 12.7. The normalized spacial score (nSPS) is 13.7. The fourth-order valence-electron chi connectivity index (χ4n) is 3.14. The molecule has 4 rings (SSSR count). The number of aromatic nitrogens is 1. The zero-order chi connectivity index (χ0) is 20.6. The number of para-hydroxylation sites is 1. The van der Waals surface area contributed by atoms with Gasteiger partial charge >= 0.3 is 6.03 Å². The van der Waals surface area contributed by atoms with Crippen LogP contribution in [0.3, 0.4) is 0 Å². The van der Waals surface area contributed by atoms with Gasteiger partial charge in [-0.25, -0.2) is 4.79 Å². The summed E-state index contributed by atoms with van der Waals surface area (Å²) < 4.78 is 11.9. The second-order valence-electron chi connectivity index (χ2n) is 6.86. The lowest BCUT2D eigenvalue weighted by atomic mass is 10.2. The molecule has 7 nitrogen and oxygen atoms in total. The molecular formula is C23H26Cl2N4O3. The molecule has 1 atom stereocenters. The van der Waals surface area contributed by atoms with E-state index in [-0.39, 0.29) is 30.8 Å². The molecule has 0 unspecified atom stereocenters. The SMILES string of the molecule is Cl.Cl.O=C(N[C@@H](Oc1cccnc1)c1ccc(Oc2ccccc2)cc1)N1CCNCC1. The third kappa shape index (κ3) is 7.02. The fourth-order valence-corrected chi connectivity index (χ4v) is 3.14. The molecular weight excluding hydrogens is 451 g/mol.